The minimum absolute atomic E-state index is 0.207. The van der Waals surface area contributed by atoms with Gasteiger partial charge in [0.15, 0.2) is 17.3 Å². The average Bonchev–Trinajstić information content (AvgIpc) is 2.69. The monoisotopic (exact) mass is 423 g/mol. The van der Waals surface area contributed by atoms with Crippen molar-refractivity contribution in [2.75, 3.05) is 26.7 Å². The molecular weight excluding hydrogens is 398 g/mol. The molecular formula is C23H25F4NO2. The number of nitrogens with zero attached hydrogens (tertiary/aromatic N) is 1. The summed E-state index contributed by atoms with van der Waals surface area (Å²) >= 11 is 0. The fourth-order valence-corrected chi connectivity index (χ4v) is 2.96. The van der Waals surface area contributed by atoms with E-state index in [4.69, 9.17) is 4.74 Å². The van der Waals surface area contributed by atoms with E-state index in [9.17, 15) is 22.4 Å². The highest BCUT2D eigenvalue weighted by atomic mass is 19.1. The summed E-state index contributed by atoms with van der Waals surface area (Å²) in [4.78, 5) is 14.4. The van der Waals surface area contributed by atoms with Crippen LogP contribution in [0.15, 0.2) is 43.0 Å². The van der Waals surface area contributed by atoms with Crippen LogP contribution in [0.1, 0.15) is 41.6 Å². The van der Waals surface area contributed by atoms with Crippen LogP contribution in [0.4, 0.5) is 17.6 Å². The third-order valence-corrected chi connectivity index (χ3v) is 4.57. The summed E-state index contributed by atoms with van der Waals surface area (Å²) in [6.07, 6.45) is 5.40. The van der Waals surface area contributed by atoms with Crippen molar-refractivity contribution in [2.24, 2.45) is 0 Å². The molecule has 3 nitrogen and oxygen atoms in total. The molecule has 0 amide bonds. The molecule has 0 aliphatic rings. The Kier molecular flexibility index (Phi) is 9.05. The van der Waals surface area contributed by atoms with Crippen LogP contribution in [0.3, 0.4) is 0 Å². The minimum atomic E-state index is -1.14. The lowest BCUT2D eigenvalue weighted by atomic mass is 10.0. The molecule has 7 heteroatoms. The van der Waals surface area contributed by atoms with Crippen LogP contribution >= 0.6 is 0 Å². The van der Waals surface area contributed by atoms with Gasteiger partial charge < -0.3 is 9.64 Å². The van der Waals surface area contributed by atoms with E-state index in [2.05, 4.69) is 11.5 Å². The van der Waals surface area contributed by atoms with E-state index < -0.39 is 40.2 Å². The molecule has 0 fully saturated rings. The molecule has 0 spiro atoms. The first kappa shape index (κ1) is 23.6. The highest BCUT2D eigenvalue weighted by Gasteiger charge is 2.21. The molecule has 2 aromatic carbocycles. The number of unbranched alkanes of at least 4 members (excludes halogenated alkanes) is 3. The molecule has 0 heterocycles. The maximum Gasteiger partial charge on any atom is 0.199 e. The van der Waals surface area contributed by atoms with Crippen LogP contribution in [0.5, 0.6) is 5.75 Å². The van der Waals surface area contributed by atoms with Crippen LogP contribution in [-0.4, -0.2) is 37.4 Å². The van der Waals surface area contributed by atoms with Crippen molar-refractivity contribution in [3.05, 3.63) is 77.4 Å². The first-order chi connectivity index (χ1) is 14.3. The van der Waals surface area contributed by atoms with Crippen molar-refractivity contribution < 1.29 is 27.1 Å². The zero-order chi connectivity index (χ0) is 22.1. The molecule has 0 atom stereocenters. The van der Waals surface area contributed by atoms with Gasteiger partial charge in [-0.25, -0.2) is 17.6 Å². The maximum absolute atomic E-state index is 14.3. The van der Waals surface area contributed by atoms with E-state index in [0.29, 0.717) is 18.6 Å². The van der Waals surface area contributed by atoms with E-state index in [-0.39, 0.29) is 12.4 Å². The Hall–Kier alpha value is -2.67. The molecule has 2 aromatic rings. The van der Waals surface area contributed by atoms with E-state index in [1.54, 1.807) is 0 Å². The van der Waals surface area contributed by atoms with E-state index in [1.165, 1.54) is 0 Å². The van der Waals surface area contributed by atoms with E-state index >= 15 is 0 Å². The zero-order valence-electron chi connectivity index (χ0n) is 16.9. The summed E-state index contributed by atoms with van der Waals surface area (Å²) in [5.74, 6) is -5.36. The number of halogens is 4. The van der Waals surface area contributed by atoms with Gasteiger partial charge in [0.05, 0.1) is 17.7 Å². The Morgan fingerprint density at radius 2 is 1.67 bits per heavy atom. The quantitative estimate of drug-likeness (QED) is 0.195. The number of likely N-dealkylation sites (N-methyl/N-ethyl adjacent to an activating group) is 1. The first-order valence-electron chi connectivity index (χ1n) is 9.74. The number of benzene rings is 2. The third kappa shape index (κ3) is 6.69. The molecule has 0 aliphatic heterocycles. The predicted molar refractivity (Wildman–Crippen MR) is 108 cm³/mol. The van der Waals surface area contributed by atoms with E-state index in [0.717, 1.165) is 50.6 Å². The molecule has 0 aliphatic carbocycles. The number of carbonyl (C=O) groups is 1. The largest absolute Gasteiger partial charge is 0.490 e. The predicted octanol–water partition coefficient (Wildman–Crippen LogP) is 5.53. The summed E-state index contributed by atoms with van der Waals surface area (Å²) in [6.45, 7) is 5.68. The highest BCUT2D eigenvalue weighted by molar-refractivity contribution is 6.09. The van der Waals surface area contributed by atoms with Crippen LogP contribution < -0.4 is 4.74 Å². The van der Waals surface area contributed by atoms with Crippen molar-refractivity contribution in [1.82, 2.24) is 4.90 Å². The van der Waals surface area contributed by atoms with Gasteiger partial charge >= 0.3 is 0 Å². The molecule has 0 N–H and O–H groups in total. The van der Waals surface area contributed by atoms with Crippen molar-refractivity contribution in [3.8, 4) is 5.75 Å². The van der Waals surface area contributed by atoms with Crippen molar-refractivity contribution in [1.29, 1.82) is 0 Å². The number of ketones is 1. The highest BCUT2D eigenvalue weighted by Crippen LogP contribution is 2.25. The van der Waals surface area contributed by atoms with E-state index in [1.807, 2.05) is 13.1 Å². The summed E-state index contributed by atoms with van der Waals surface area (Å²) in [7, 11) is 2.01. The SMILES string of the molecule is C=CCN(C)CCCCCCOc1cc(F)c(C(=O)c2ccc(F)cc2F)cc1F. The average molecular weight is 423 g/mol. The molecule has 0 saturated carbocycles. The van der Waals surface area contributed by atoms with Crippen molar-refractivity contribution in [3.63, 3.8) is 0 Å². The summed E-state index contributed by atoms with van der Waals surface area (Å²) in [5.41, 5.74) is -1.18. The maximum atomic E-state index is 14.3. The number of rotatable bonds is 12. The number of ether oxygens (including phenoxy) is 1. The molecule has 0 bridgehead atoms. The molecule has 0 radical (unpaired) electrons. The van der Waals surface area contributed by atoms with Crippen molar-refractivity contribution in [2.45, 2.75) is 25.7 Å². The standard InChI is InChI=1S/C23H25F4NO2/c1-3-10-28(2)11-6-4-5-7-12-30-22-15-20(26)18(14-21(22)27)23(29)17-9-8-16(24)13-19(17)25/h3,8-9,13-15H,1,4-7,10-12H2,2H3. The van der Waals surface area contributed by atoms with Gasteiger partial charge in [0.1, 0.15) is 17.5 Å². The van der Waals surface area contributed by atoms with Gasteiger partial charge in [-0.3, -0.25) is 4.79 Å². The topological polar surface area (TPSA) is 29.5 Å². The van der Waals surface area contributed by atoms with Gasteiger partial charge in [0.25, 0.3) is 0 Å². The smallest absolute Gasteiger partial charge is 0.199 e. The lowest BCUT2D eigenvalue weighted by Gasteiger charge is -2.13. The first-order valence-corrected chi connectivity index (χ1v) is 9.74. The Bertz CT molecular complexity index is 886. The second kappa shape index (κ2) is 11.5. The molecule has 162 valence electrons. The normalized spacial score (nSPS) is 11.0. The lowest BCUT2D eigenvalue weighted by Crippen LogP contribution is -2.19. The molecule has 2 rings (SSSR count). The Morgan fingerprint density at radius 1 is 0.967 bits per heavy atom. The minimum Gasteiger partial charge on any atom is -0.490 e. The molecule has 0 aromatic heterocycles. The van der Waals surface area contributed by atoms with Gasteiger partial charge in [-0.15, -0.1) is 6.58 Å². The Balaban J connectivity index is 1.89. The van der Waals surface area contributed by atoms with Crippen LogP contribution in [-0.2, 0) is 0 Å². The second-order valence-corrected chi connectivity index (χ2v) is 7.03. The van der Waals surface area contributed by atoms with Crippen LogP contribution in [0.25, 0.3) is 0 Å². The van der Waals surface area contributed by atoms with Crippen molar-refractivity contribution >= 4 is 5.78 Å². The van der Waals surface area contributed by atoms with Gasteiger partial charge in [-0.05, 0) is 44.6 Å². The Labute approximate surface area is 174 Å². The van der Waals surface area contributed by atoms with Crippen LogP contribution in [0, 0.1) is 23.3 Å². The summed E-state index contributed by atoms with van der Waals surface area (Å²) in [5, 5.41) is 0. The Morgan fingerprint density at radius 3 is 2.37 bits per heavy atom. The molecule has 0 saturated heterocycles. The van der Waals surface area contributed by atoms with Gasteiger partial charge in [-0.1, -0.05) is 18.9 Å². The second-order valence-electron chi connectivity index (χ2n) is 7.03. The number of hydrogen-bond donors (Lipinski definition) is 0. The third-order valence-electron chi connectivity index (χ3n) is 4.57. The van der Waals surface area contributed by atoms with Gasteiger partial charge in [0, 0.05) is 18.7 Å². The molecule has 0 unspecified atom stereocenters. The fourth-order valence-electron chi connectivity index (χ4n) is 2.96. The number of carbonyl (C=O) groups excluding carboxylic acids is 1. The molecule has 30 heavy (non-hydrogen) atoms. The van der Waals surface area contributed by atoms with Gasteiger partial charge in [0.2, 0.25) is 0 Å². The number of hydrogen-bond acceptors (Lipinski definition) is 3. The lowest BCUT2D eigenvalue weighted by molar-refractivity contribution is 0.103. The zero-order valence-corrected chi connectivity index (χ0v) is 16.9. The van der Waals surface area contributed by atoms with Crippen LogP contribution in [0.2, 0.25) is 0 Å². The van der Waals surface area contributed by atoms with Gasteiger partial charge in [-0.2, -0.15) is 0 Å². The summed E-state index contributed by atoms with van der Waals surface area (Å²) in [6, 6.07) is 3.72. The fraction of sp³-hybridized carbons (Fsp3) is 0.348. The summed E-state index contributed by atoms with van der Waals surface area (Å²) < 4.78 is 60.6.